The Labute approximate surface area is 94.0 Å². The molecule has 92 valence electrons. The lowest BCUT2D eigenvalue weighted by molar-refractivity contribution is -0.209. The molecule has 0 aromatic carbocycles. The molecule has 0 amide bonds. The smallest absolute Gasteiger partial charge is 0.363 e. The van der Waals surface area contributed by atoms with Crippen LogP contribution in [0.15, 0.2) is 18.6 Å². The molecule has 0 atom stereocenters. The second-order valence-corrected chi connectivity index (χ2v) is 3.66. The van der Waals surface area contributed by atoms with E-state index >= 15 is 0 Å². The number of carbonyl (C=O) groups is 1. The van der Waals surface area contributed by atoms with Gasteiger partial charge < -0.3 is 4.84 Å². The fourth-order valence-corrected chi connectivity index (χ4v) is 1.28. The summed E-state index contributed by atoms with van der Waals surface area (Å²) in [6, 6.07) is 0. The molecule has 1 aromatic rings. The molecular formula is C9H8F3N3O2. The standard InChI is InChI=1S/C9H8F3N3O2/c10-9(11,12)7(16)17-15-8(1-2-8)6-5-13-3-4-14-6/h3-5,15H,1-2H2. The summed E-state index contributed by atoms with van der Waals surface area (Å²) in [7, 11) is 0. The van der Waals surface area contributed by atoms with E-state index in [1.165, 1.54) is 18.6 Å². The van der Waals surface area contributed by atoms with E-state index < -0.39 is 17.7 Å². The van der Waals surface area contributed by atoms with Crippen molar-refractivity contribution in [3.63, 3.8) is 0 Å². The van der Waals surface area contributed by atoms with Gasteiger partial charge in [-0.05, 0) is 12.8 Å². The summed E-state index contributed by atoms with van der Waals surface area (Å²) in [5, 5.41) is 0. The molecule has 1 saturated carbocycles. The minimum atomic E-state index is -5.01. The molecule has 1 fully saturated rings. The zero-order valence-electron chi connectivity index (χ0n) is 8.49. The van der Waals surface area contributed by atoms with Gasteiger partial charge in [0, 0.05) is 12.4 Å². The van der Waals surface area contributed by atoms with Crippen LogP contribution >= 0.6 is 0 Å². The Balaban J connectivity index is 1.99. The highest BCUT2D eigenvalue weighted by Gasteiger charge is 2.50. The molecule has 1 heterocycles. The van der Waals surface area contributed by atoms with Crippen molar-refractivity contribution in [1.29, 1.82) is 0 Å². The van der Waals surface area contributed by atoms with E-state index in [-0.39, 0.29) is 0 Å². The molecule has 0 bridgehead atoms. The van der Waals surface area contributed by atoms with Crippen LogP contribution in [-0.2, 0) is 15.2 Å². The van der Waals surface area contributed by atoms with Crippen molar-refractivity contribution in [3.05, 3.63) is 24.3 Å². The molecule has 0 radical (unpaired) electrons. The van der Waals surface area contributed by atoms with Crippen LogP contribution in [0.25, 0.3) is 0 Å². The molecule has 5 nitrogen and oxygen atoms in total. The van der Waals surface area contributed by atoms with Crippen molar-refractivity contribution in [1.82, 2.24) is 15.4 Å². The van der Waals surface area contributed by atoms with Gasteiger partial charge in [-0.15, -0.1) is 5.48 Å². The van der Waals surface area contributed by atoms with Crippen LogP contribution in [0.2, 0.25) is 0 Å². The number of rotatable bonds is 3. The highest BCUT2D eigenvalue weighted by atomic mass is 19.4. The first-order valence-corrected chi connectivity index (χ1v) is 4.76. The van der Waals surface area contributed by atoms with E-state index in [1.54, 1.807) is 0 Å². The lowest BCUT2D eigenvalue weighted by Crippen LogP contribution is -2.37. The van der Waals surface area contributed by atoms with E-state index in [0.717, 1.165) is 0 Å². The van der Waals surface area contributed by atoms with Crippen molar-refractivity contribution >= 4 is 5.97 Å². The lowest BCUT2D eigenvalue weighted by atomic mass is 10.2. The normalized spacial score (nSPS) is 17.6. The summed E-state index contributed by atoms with van der Waals surface area (Å²) in [4.78, 5) is 22.3. The van der Waals surface area contributed by atoms with Crippen LogP contribution in [0, 0.1) is 0 Å². The number of aromatic nitrogens is 2. The molecule has 2 rings (SSSR count). The molecular weight excluding hydrogens is 239 g/mol. The molecule has 0 unspecified atom stereocenters. The average molecular weight is 247 g/mol. The van der Waals surface area contributed by atoms with Crippen molar-refractivity contribution in [3.8, 4) is 0 Å². The Kier molecular flexibility index (Phi) is 2.74. The number of carbonyl (C=O) groups excluding carboxylic acids is 1. The van der Waals surface area contributed by atoms with Gasteiger partial charge in [-0.25, -0.2) is 4.79 Å². The number of hydrogen-bond acceptors (Lipinski definition) is 5. The maximum atomic E-state index is 11.9. The second kappa shape index (κ2) is 3.95. The Bertz CT molecular complexity index is 417. The van der Waals surface area contributed by atoms with Gasteiger partial charge in [0.15, 0.2) is 0 Å². The molecule has 17 heavy (non-hydrogen) atoms. The van der Waals surface area contributed by atoms with E-state index in [2.05, 4.69) is 20.3 Å². The van der Waals surface area contributed by atoms with Gasteiger partial charge in [-0.3, -0.25) is 9.97 Å². The van der Waals surface area contributed by atoms with Gasteiger partial charge in [-0.2, -0.15) is 13.2 Å². The van der Waals surface area contributed by atoms with Crippen LogP contribution in [0.5, 0.6) is 0 Å². The number of halogens is 3. The number of nitrogens with zero attached hydrogens (tertiary/aromatic N) is 2. The maximum absolute atomic E-state index is 11.9. The fourth-order valence-electron chi connectivity index (χ4n) is 1.28. The SMILES string of the molecule is O=C(ONC1(c2cnccn2)CC1)C(F)(F)F. The quantitative estimate of drug-likeness (QED) is 0.809. The van der Waals surface area contributed by atoms with Gasteiger partial charge in [0.25, 0.3) is 0 Å². The van der Waals surface area contributed by atoms with Crippen LogP contribution < -0.4 is 5.48 Å². The van der Waals surface area contributed by atoms with Crippen molar-refractivity contribution in [2.75, 3.05) is 0 Å². The van der Waals surface area contributed by atoms with E-state index in [0.29, 0.717) is 18.5 Å². The summed E-state index contributed by atoms with van der Waals surface area (Å²) in [6.07, 6.45) is 0.352. The summed E-state index contributed by atoms with van der Waals surface area (Å²) in [5.41, 5.74) is 1.75. The second-order valence-electron chi connectivity index (χ2n) is 3.66. The third-order valence-electron chi connectivity index (χ3n) is 2.37. The topological polar surface area (TPSA) is 64.1 Å². The molecule has 1 aliphatic rings. The van der Waals surface area contributed by atoms with Crippen molar-refractivity contribution in [2.24, 2.45) is 0 Å². The zero-order chi connectivity index (χ0) is 12.5. The Morgan fingerprint density at radius 1 is 1.41 bits per heavy atom. The summed E-state index contributed by atoms with van der Waals surface area (Å²) < 4.78 is 35.7. The van der Waals surface area contributed by atoms with E-state index in [9.17, 15) is 18.0 Å². The Hall–Kier alpha value is -1.70. The van der Waals surface area contributed by atoms with Gasteiger partial charge in [-0.1, -0.05) is 0 Å². The average Bonchev–Trinajstić information content (AvgIpc) is 3.07. The number of alkyl halides is 3. The van der Waals surface area contributed by atoms with Gasteiger partial charge in [0.05, 0.1) is 17.4 Å². The largest absolute Gasteiger partial charge is 0.492 e. The van der Waals surface area contributed by atoms with E-state index in [1.807, 2.05) is 0 Å². The first-order chi connectivity index (χ1) is 7.94. The third-order valence-corrected chi connectivity index (χ3v) is 2.37. The number of hydrogen-bond donors (Lipinski definition) is 1. The third kappa shape index (κ3) is 2.52. The Morgan fingerprint density at radius 3 is 2.59 bits per heavy atom. The first-order valence-electron chi connectivity index (χ1n) is 4.76. The number of nitrogens with one attached hydrogen (secondary N) is 1. The zero-order valence-corrected chi connectivity index (χ0v) is 8.49. The predicted molar refractivity (Wildman–Crippen MR) is 48.2 cm³/mol. The van der Waals surface area contributed by atoms with E-state index in [4.69, 9.17) is 0 Å². The first kappa shape index (κ1) is 11.8. The molecule has 1 aromatic heterocycles. The number of hydroxylamine groups is 1. The summed E-state index contributed by atoms with van der Waals surface area (Å²) >= 11 is 0. The Morgan fingerprint density at radius 2 is 2.12 bits per heavy atom. The fraction of sp³-hybridized carbons (Fsp3) is 0.444. The molecule has 1 N–H and O–H groups in total. The predicted octanol–water partition coefficient (Wildman–Crippen LogP) is 1.08. The van der Waals surface area contributed by atoms with Crippen molar-refractivity contribution < 1.29 is 22.8 Å². The molecule has 0 aliphatic heterocycles. The van der Waals surface area contributed by atoms with Gasteiger partial charge in [0.1, 0.15) is 0 Å². The van der Waals surface area contributed by atoms with Gasteiger partial charge >= 0.3 is 12.1 Å². The summed E-state index contributed by atoms with van der Waals surface area (Å²) in [6.45, 7) is 0. The van der Waals surface area contributed by atoms with Crippen LogP contribution in [0.1, 0.15) is 18.5 Å². The van der Waals surface area contributed by atoms with Crippen LogP contribution in [0.3, 0.4) is 0 Å². The van der Waals surface area contributed by atoms with Crippen LogP contribution in [-0.4, -0.2) is 22.1 Å². The molecule has 0 spiro atoms. The highest BCUT2D eigenvalue weighted by Crippen LogP contribution is 2.44. The molecule has 0 saturated heterocycles. The van der Waals surface area contributed by atoms with Crippen LogP contribution in [0.4, 0.5) is 13.2 Å². The lowest BCUT2D eigenvalue weighted by Gasteiger charge is -2.16. The minimum Gasteiger partial charge on any atom is -0.363 e. The van der Waals surface area contributed by atoms with Gasteiger partial charge in [0.2, 0.25) is 0 Å². The summed E-state index contributed by atoms with van der Waals surface area (Å²) in [5.74, 6) is -2.27. The minimum absolute atomic E-state index is 0.454. The van der Waals surface area contributed by atoms with Crippen molar-refractivity contribution in [2.45, 2.75) is 24.6 Å². The molecule has 8 heteroatoms. The molecule has 1 aliphatic carbocycles. The highest BCUT2D eigenvalue weighted by molar-refractivity contribution is 5.75. The maximum Gasteiger partial charge on any atom is 0.492 e. The monoisotopic (exact) mass is 247 g/mol.